The molecule has 4 aromatic rings. The van der Waals surface area contributed by atoms with Gasteiger partial charge in [-0.2, -0.15) is 12.7 Å². The first-order chi connectivity index (χ1) is 15.3. The number of hydrogen-bond donors (Lipinski definition) is 1. The van der Waals surface area contributed by atoms with E-state index in [1.54, 1.807) is 41.0 Å². The van der Waals surface area contributed by atoms with Crippen LogP contribution < -0.4 is 4.72 Å². The van der Waals surface area contributed by atoms with Crippen LogP contribution in [-0.4, -0.2) is 30.2 Å². The van der Waals surface area contributed by atoms with E-state index in [1.807, 2.05) is 42.5 Å². The van der Waals surface area contributed by atoms with Crippen molar-refractivity contribution in [3.8, 4) is 0 Å². The molecule has 8 heteroatoms. The normalized spacial score (nSPS) is 11.7. The molecule has 0 unspecified atom stereocenters. The fraction of sp³-hybridized carbons (Fsp3) is 0.125. The van der Waals surface area contributed by atoms with Gasteiger partial charge in [-0.15, -0.1) is 0 Å². The van der Waals surface area contributed by atoms with Crippen LogP contribution in [0.15, 0.2) is 84.9 Å². The van der Waals surface area contributed by atoms with E-state index in [0.717, 1.165) is 15.3 Å². The van der Waals surface area contributed by atoms with Gasteiger partial charge in [0.15, 0.2) is 0 Å². The van der Waals surface area contributed by atoms with E-state index >= 15 is 0 Å². The molecular formula is C24H22FN3O3S. The largest absolute Gasteiger partial charge is 0.332 e. The summed E-state index contributed by atoms with van der Waals surface area (Å²) in [6.07, 6.45) is 0. The molecule has 1 aromatic heterocycles. The second-order valence-electron chi connectivity index (χ2n) is 7.44. The third-order valence-electron chi connectivity index (χ3n) is 5.21. The van der Waals surface area contributed by atoms with Crippen molar-refractivity contribution in [1.29, 1.82) is 0 Å². The summed E-state index contributed by atoms with van der Waals surface area (Å²) in [5.74, 6) is -1.18. The Balaban J connectivity index is 1.64. The zero-order valence-corrected chi connectivity index (χ0v) is 18.2. The predicted octanol–water partition coefficient (Wildman–Crippen LogP) is 3.94. The molecule has 4 rings (SSSR count). The molecule has 0 aliphatic rings. The van der Waals surface area contributed by atoms with Crippen LogP contribution >= 0.6 is 0 Å². The van der Waals surface area contributed by atoms with Gasteiger partial charge in [0.25, 0.3) is 5.91 Å². The molecule has 1 amide bonds. The molecule has 0 bridgehead atoms. The first-order valence-corrected chi connectivity index (χ1v) is 11.4. The summed E-state index contributed by atoms with van der Waals surface area (Å²) in [5.41, 5.74) is 2.02. The molecule has 6 nitrogen and oxygen atoms in total. The van der Waals surface area contributed by atoms with Crippen molar-refractivity contribution in [3.63, 3.8) is 0 Å². The van der Waals surface area contributed by atoms with Crippen LogP contribution in [-0.2, 0) is 23.3 Å². The molecule has 0 radical (unpaired) electrons. The van der Waals surface area contributed by atoms with Gasteiger partial charge in [-0.05, 0) is 23.8 Å². The summed E-state index contributed by atoms with van der Waals surface area (Å²) >= 11 is 0. The number of halogens is 1. The van der Waals surface area contributed by atoms with Crippen LogP contribution in [0.2, 0.25) is 0 Å². The lowest BCUT2D eigenvalue weighted by molar-refractivity contribution is 0.0971. The van der Waals surface area contributed by atoms with Crippen molar-refractivity contribution >= 4 is 27.0 Å². The number of nitrogens with zero attached hydrogens (tertiary/aromatic N) is 2. The van der Waals surface area contributed by atoms with Gasteiger partial charge in [0.2, 0.25) is 0 Å². The first-order valence-electron chi connectivity index (χ1n) is 9.99. The number of amides is 1. The average Bonchev–Trinajstić information content (AvgIpc) is 3.14. The van der Waals surface area contributed by atoms with Crippen molar-refractivity contribution in [2.75, 3.05) is 7.05 Å². The minimum absolute atomic E-state index is 0.0862. The Bertz CT molecular complexity index is 1370. The molecule has 0 atom stereocenters. The van der Waals surface area contributed by atoms with Gasteiger partial charge in [0.1, 0.15) is 11.5 Å². The monoisotopic (exact) mass is 451 g/mol. The van der Waals surface area contributed by atoms with Crippen molar-refractivity contribution in [2.24, 2.45) is 0 Å². The molecule has 0 saturated heterocycles. The summed E-state index contributed by atoms with van der Waals surface area (Å²) in [6.45, 7) is 0.199. The summed E-state index contributed by atoms with van der Waals surface area (Å²) in [6, 6.07) is 24.2. The molecule has 164 valence electrons. The zero-order valence-electron chi connectivity index (χ0n) is 17.4. The van der Waals surface area contributed by atoms with E-state index in [2.05, 4.69) is 4.72 Å². The molecule has 3 aromatic carbocycles. The molecule has 0 aliphatic carbocycles. The van der Waals surface area contributed by atoms with Crippen LogP contribution in [0.4, 0.5) is 4.39 Å². The summed E-state index contributed by atoms with van der Waals surface area (Å²) in [5, 5.41) is 0.754. The van der Waals surface area contributed by atoms with Gasteiger partial charge in [-0.3, -0.25) is 4.79 Å². The topological polar surface area (TPSA) is 71.4 Å². The molecule has 32 heavy (non-hydrogen) atoms. The Morgan fingerprint density at radius 3 is 2.38 bits per heavy atom. The van der Waals surface area contributed by atoms with E-state index in [-0.39, 0.29) is 18.8 Å². The predicted molar refractivity (Wildman–Crippen MR) is 122 cm³/mol. The second kappa shape index (κ2) is 8.94. The fourth-order valence-electron chi connectivity index (χ4n) is 3.54. The molecule has 0 aliphatic heterocycles. The maximum absolute atomic E-state index is 14.3. The van der Waals surface area contributed by atoms with Gasteiger partial charge in [-0.1, -0.05) is 66.7 Å². The van der Waals surface area contributed by atoms with Gasteiger partial charge in [0, 0.05) is 30.1 Å². The number of hydrogen-bond acceptors (Lipinski definition) is 3. The molecule has 1 heterocycles. The van der Waals surface area contributed by atoms with Crippen molar-refractivity contribution in [1.82, 2.24) is 13.6 Å². The average molecular weight is 452 g/mol. The van der Waals surface area contributed by atoms with Crippen molar-refractivity contribution in [2.45, 2.75) is 13.1 Å². The fourth-order valence-corrected chi connectivity index (χ4v) is 4.35. The van der Waals surface area contributed by atoms with Crippen molar-refractivity contribution < 1.29 is 17.6 Å². The van der Waals surface area contributed by atoms with E-state index in [4.69, 9.17) is 0 Å². The smallest absolute Gasteiger partial charge is 0.304 e. The molecule has 0 saturated carbocycles. The highest BCUT2D eigenvalue weighted by atomic mass is 32.2. The summed E-state index contributed by atoms with van der Waals surface area (Å²) in [7, 11) is -2.69. The Labute approximate surface area is 186 Å². The Morgan fingerprint density at radius 1 is 0.969 bits per heavy atom. The molecule has 0 fully saturated rings. The Kier molecular flexibility index (Phi) is 6.07. The third kappa shape index (κ3) is 4.56. The lowest BCUT2D eigenvalue weighted by Gasteiger charge is -2.18. The Morgan fingerprint density at radius 2 is 1.62 bits per heavy atom. The SMILES string of the molecule is CN(Cc1ccccc1)S(=O)(=O)NC(=O)c1cc2ccccc2n1Cc1ccccc1F. The lowest BCUT2D eigenvalue weighted by atomic mass is 10.2. The van der Waals surface area contributed by atoms with Gasteiger partial charge < -0.3 is 4.57 Å². The van der Waals surface area contributed by atoms with Gasteiger partial charge in [-0.25, -0.2) is 9.11 Å². The summed E-state index contributed by atoms with van der Waals surface area (Å²) < 4.78 is 44.7. The van der Waals surface area contributed by atoms with E-state index in [1.165, 1.54) is 13.1 Å². The number of para-hydroxylation sites is 1. The summed E-state index contributed by atoms with van der Waals surface area (Å²) in [4.78, 5) is 13.1. The number of aromatic nitrogens is 1. The molecule has 0 spiro atoms. The van der Waals surface area contributed by atoms with Crippen LogP contribution in [0.5, 0.6) is 0 Å². The van der Waals surface area contributed by atoms with E-state index in [9.17, 15) is 17.6 Å². The number of carbonyl (C=O) groups excluding carboxylic acids is 1. The number of carbonyl (C=O) groups is 1. The van der Waals surface area contributed by atoms with Gasteiger partial charge in [0.05, 0.1) is 6.54 Å². The van der Waals surface area contributed by atoms with E-state index < -0.39 is 21.9 Å². The minimum Gasteiger partial charge on any atom is -0.332 e. The molecular weight excluding hydrogens is 429 g/mol. The second-order valence-corrected chi connectivity index (χ2v) is 9.22. The van der Waals surface area contributed by atoms with Crippen LogP contribution in [0.25, 0.3) is 10.9 Å². The lowest BCUT2D eigenvalue weighted by Crippen LogP contribution is -2.41. The highest BCUT2D eigenvalue weighted by Crippen LogP contribution is 2.22. The number of rotatable bonds is 7. The number of benzene rings is 3. The first kappa shape index (κ1) is 21.7. The Hall–Kier alpha value is -3.49. The quantitative estimate of drug-likeness (QED) is 0.463. The van der Waals surface area contributed by atoms with Crippen molar-refractivity contribution in [3.05, 3.63) is 108 Å². The maximum Gasteiger partial charge on any atom is 0.304 e. The van der Waals surface area contributed by atoms with Crippen LogP contribution in [0.3, 0.4) is 0 Å². The third-order valence-corrected chi connectivity index (χ3v) is 6.60. The highest BCUT2D eigenvalue weighted by Gasteiger charge is 2.24. The standard InChI is InChI=1S/C24H22FN3O3S/c1-27(16-18-9-3-2-4-10-18)32(30,31)26-24(29)23-15-19-11-6-8-14-22(19)28(23)17-20-12-5-7-13-21(20)25/h2-15H,16-17H2,1H3,(H,26,29). The highest BCUT2D eigenvalue weighted by molar-refractivity contribution is 7.87. The molecule has 1 N–H and O–H groups in total. The number of fused-ring (bicyclic) bond motifs is 1. The number of nitrogens with one attached hydrogen (secondary N) is 1. The van der Waals surface area contributed by atoms with Gasteiger partial charge >= 0.3 is 10.2 Å². The minimum atomic E-state index is -4.09. The van der Waals surface area contributed by atoms with Crippen LogP contribution in [0, 0.1) is 5.82 Å². The zero-order chi connectivity index (χ0) is 22.7. The van der Waals surface area contributed by atoms with Crippen LogP contribution in [0.1, 0.15) is 21.6 Å². The maximum atomic E-state index is 14.3. The van der Waals surface area contributed by atoms with E-state index in [0.29, 0.717) is 11.1 Å².